The smallest absolute Gasteiger partial charge is 0.227 e. The Bertz CT molecular complexity index is 987. The number of nitrogens with one attached hydrogen (secondary N) is 1. The summed E-state index contributed by atoms with van der Waals surface area (Å²) in [6.45, 7) is 2.95. The number of benzene rings is 1. The molecule has 1 amide bonds. The fraction of sp³-hybridized carbons (Fsp3) is 0.316. The van der Waals surface area contributed by atoms with Crippen molar-refractivity contribution in [2.45, 2.75) is 26.2 Å². The van der Waals surface area contributed by atoms with E-state index in [1.54, 1.807) is 23.0 Å². The number of ether oxygens (including phenoxy) is 1. The topological polar surface area (TPSA) is 71.8 Å². The fourth-order valence-electron chi connectivity index (χ4n) is 3.06. The highest BCUT2D eigenvalue weighted by Crippen LogP contribution is 2.35. The summed E-state index contributed by atoms with van der Waals surface area (Å²) in [5, 5.41) is 7.05. The van der Waals surface area contributed by atoms with Crippen LogP contribution in [0.2, 0.25) is 0 Å². The predicted octanol–water partition coefficient (Wildman–Crippen LogP) is 3.53. The van der Waals surface area contributed by atoms with Gasteiger partial charge >= 0.3 is 0 Å². The monoisotopic (exact) mass is 369 g/mol. The van der Waals surface area contributed by atoms with Crippen LogP contribution in [-0.4, -0.2) is 33.7 Å². The van der Waals surface area contributed by atoms with Crippen molar-refractivity contribution in [2.24, 2.45) is 0 Å². The third kappa shape index (κ3) is 3.42. The van der Waals surface area contributed by atoms with Crippen molar-refractivity contribution < 1.29 is 13.9 Å². The Balaban J connectivity index is 1.90. The van der Waals surface area contributed by atoms with Gasteiger partial charge in [0.1, 0.15) is 23.1 Å². The Morgan fingerprint density at radius 1 is 1.33 bits per heavy atom. The van der Waals surface area contributed by atoms with Gasteiger partial charge in [-0.05, 0) is 24.6 Å². The first-order chi connectivity index (χ1) is 13.2. The van der Waals surface area contributed by atoms with E-state index in [9.17, 15) is 9.18 Å². The molecule has 27 heavy (non-hydrogen) atoms. The number of unbranched alkanes of at least 4 members (excludes halogenated alkanes) is 1. The van der Waals surface area contributed by atoms with Crippen molar-refractivity contribution in [1.29, 1.82) is 0 Å². The molecule has 3 aromatic rings. The quantitative estimate of drug-likeness (QED) is 0.765. The second kappa shape index (κ2) is 7.22. The van der Waals surface area contributed by atoms with Crippen molar-refractivity contribution in [3.63, 3.8) is 0 Å². The number of rotatable bonds is 3. The van der Waals surface area contributed by atoms with E-state index >= 15 is 0 Å². The lowest BCUT2D eigenvalue weighted by Crippen LogP contribution is -2.22. The van der Waals surface area contributed by atoms with Crippen LogP contribution in [0.5, 0.6) is 5.75 Å². The van der Waals surface area contributed by atoms with Gasteiger partial charge in [-0.2, -0.15) is 5.10 Å². The minimum atomic E-state index is -0.352. The average molecular weight is 369 g/mol. The molecule has 1 aromatic carbocycles. The summed E-state index contributed by atoms with van der Waals surface area (Å²) < 4.78 is 21.4. The summed E-state index contributed by atoms with van der Waals surface area (Å²) in [4.78, 5) is 18.8. The molecule has 140 valence electrons. The number of anilines is 3. The van der Waals surface area contributed by atoms with Crippen LogP contribution in [0.4, 0.5) is 21.6 Å². The number of hydrogen-bond acceptors (Lipinski definition) is 5. The van der Waals surface area contributed by atoms with Crippen molar-refractivity contribution in [1.82, 2.24) is 14.6 Å². The number of carbonyl (C=O) groups is 1. The van der Waals surface area contributed by atoms with Gasteiger partial charge < -0.3 is 15.0 Å². The maximum atomic E-state index is 14.0. The Hall–Kier alpha value is -3.16. The first-order valence-corrected chi connectivity index (χ1v) is 9.00. The number of amides is 1. The summed E-state index contributed by atoms with van der Waals surface area (Å²) in [5.41, 5.74) is 1.68. The van der Waals surface area contributed by atoms with E-state index in [0.717, 1.165) is 12.8 Å². The summed E-state index contributed by atoms with van der Waals surface area (Å²) in [6.07, 6.45) is 5.41. The van der Waals surface area contributed by atoms with Gasteiger partial charge in [0.25, 0.3) is 0 Å². The highest BCUT2D eigenvalue weighted by molar-refractivity contribution is 5.94. The van der Waals surface area contributed by atoms with Crippen molar-refractivity contribution in [3.05, 3.63) is 42.5 Å². The highest BCUT2D eigenvalue weighted by atomic mass is 19.1. The molecule has 4 rings (SSSR count). The van der Waals surface area contributed by atoms with Gasteiger partial charge in [0, 0.05) is 18.8 Å². The largest absolute Gasteiger partial charge is 0.491 e. The normalized spacial score (nSPS) is 14.3. The van der Waals surface area contributed by atoms with Crippen LogP contribution in [0.15, 0.2) is 36.7 Å². The molecule has 1 aliphatic heterocycles. The van der Waals surface area contributed by atoms with E-state index in [1.165, 1.54) is 12.1 Å². The molecule has 0 atom stereocenters. The lowest BCUT2D eigenvalue weighted by Gasteiger charge is -2.26. The number of nitrogens with zero attached hydrogens (tertiary/aromatic N) is 4. The van der Waals surface area contributed by atoms with Gasteiger partial charge in [-0.15, -0.1) is 0 Å². The molecule has 3 heterocycles. The van der Waals surface area contributed by atoms with E-state index in [1.807, 2.05) is 11.0 Å². The van der Waals surface area contributed by atoms with E-state index < -0.39 is 0 Å². The number of hydrogen-bond donors (Lipinski definition) is 1. The predicted molar refractivity (Wildman–Crippen MR) is 100 cm³/mol. The Labute approximate surface area is 155 Å². The van der Waals surface area contributed by atoms with Gasteiger partial charge in [0.2, 0.25) is 5.91 Å². The molecule has 0 saturated heterocycles. The maximum absolute atomic E-state index is 14.0. The average Bonchev–Trinajstić information content (AvgIpc) is 3.05. The molecule has 0 fully saturated rings. The third-order valence-corrected chi connectivity index (χ3v) is 4.44. The molecule has 0 saturated carbocycles. The molecule has 1 N–H and O–H groups in total. The second-order valence-electron chi connectivity index (χ2n) is 6.38. The van der Waals surface area contributed by atoms with Gasteiger partial charge in [-0.25, -0.2) is 13.9 Å². The SMILES string of the molecule is CCCCN1c2ccn3ncc(c3n2)NC(=O)CCOc2ccc(F)cc21. The van der Waals surface area contributed by atoms with Crippen LogP contribution in [0.1, 0.15) is 26.2 Å². The molecule has 8 heteroatoms. The van der Waals surface area contributed by atoms with Crippen LogP contribution in [0.25, 0.3) is 5.65 Å². The fourth-order valence-corrected chi connectivity index (χ4v) is 3.06. The lowest BCUT2D eigenvalue weighted by molar-refractivity contribution is -0.116. The molecule has 1 aliphatic rings. The summed E-state index contributed by atoms with van der Waals surface area (Å²) in [5.74, 6) is 0.623. The zero-order chi connectivity index (χ0) is 18.8. The third-order valence-electron chi connectivity index (χ3n) is 4.44. The standard InChI is InChI=1S/C19H20FN5O2/c1-2-3-8-24-15-11-13(20)4-5-16(15)27-10-7-18(26)22-14-12-21-25-9-6-17(24)23-19(14)25/h4-6,9,11-12H,2-3,7-8,10H2,1H3,(H,22,26). The molecule has 2 bridgehead atoms. The molecule has 0 aliphatic carbocycles. The molecule has 0 spiro atoms. The molecular formula is C19H20FN5O2. The first kappa shape index (κ1) is 17.3. The number of carbonyl (C=O) groups excluding carboxylic acids is 1. The highest BCUT2D eigenvalue weighted by Gasteiger charge is 2.20. The van der Waals surface area contributed by atoms with E-state index in [-0.39, 0.29) is 24.8 Å². The summed E-state index contributed by atoms with van der Waals surface area (Å²) in [7, 11) is 0. The minimum Gasteiger partial charge on any atom is -0.491 e. The van der Waals surface area contributed by atoms with Crippen LogP contribution in [0, 0.1) is 5.82 Å². The van der Waals surface area contributed by atoms with Gasteiger partial charge in [0.15, 0.2) is 5.65 Å². The lowest BCUT2D eigenvalue weighted by atomic mass is 10.2. The molecule has 7 nitrogen and oxygen atoms in total. The molecule has 2 aromatic heterocycles. The number of halogens is 1. The Morgan fingerprint density at radius 3 is 3.07 bits per heavy atom. The van der Waals surface area contributed by atoms with Gasteiger partial charge in [-0.3, -0.25) is 4.79 Å². The van der Waals surface area contributed by atoms with E-state index in [0.29, 0.717) is 35.1 Å². The first-order valence-electron chi connectivity index (χ1n) is 9.00. The van der Waals surface area contributed by atoms with Crippen LogP contribution < -0.4 is 15.0 Å². The van der Waals surface area contributed by atoms with Crippen molar-refractivity contribution in [2.75, 3.05) is 23.4 Å². The maximum Gasteiger partial charge on any atom is 0.227 e. The number of aromatic nitrogens is 3. The summed E-state index contributed by atoms with van der Waals surface area (Å²) in [6, 6.07) is 6.21. The van der Waals surface area contributed by atoms with Gasteiger partial charge in [-0.1, -0.05) is 13.3 Å². The molecule has 0 unspecified atom stereocenters. The summed E-state index contributed by atoms with van der Waals surface area (Å²) >= 11 is 0. The number of fused-ring (bicyclic) bond motifs is 2. The molecular weight excluding hydrogens is 349 g/mol. The zero-order valence-electron chi connectivity index (χ0n) is 15.0. The Morgan fingerprint density at radius 2 is 2.22 bits per heavy atom. The van der Waals surface area contributed by atoms with E-state index in [2.05, 4.69) is 22.3 Å². The second-order valence-corrected chi connectivity index (χ2v) is 6.38. The van der Waals surface area contributed by atoms with Crippen LogP contribution in [0.3, 0.4) is 0 Å². The van der Waals surface area contributed by atoms with Crippen LogP contribution in [-0.2, 0) is 4.79 Å². The minimum absolute atomic E-state index is 0.169. The Kier molecular flexibility index (Phi) is 4.62. The van der Waals surface area contributed by atoms with Crippen molar-refractivity contribution >= 4 is 28.7 Å². The zero-order valence-corrected chi connectivity index (χ0v) is 15.0. The molecule has 0 radical (unpaired) electrons. The van der Waals surface area contributed by atoms with Gasteiger partial charge in [0.05, 0.1) is 24.9 Å². The van der Waals surface area contributed by atoms with Crippen LogP contribution >= 0.6 is 0 Å². The van der Waals surface area contributed by atoms with E-state index in [4.69, 9.17) is 4.74 Å². The van der Waals surface area contributed by atoms with Crippen molar-refractivity contribution in [3.8, 4) is 5.75 Å².